The van der Waals surface area contributed by atoms with Crippen LogP contribution in [-0.4, -0.2) is 43.0 Å². The van der Waals surface area contributed by atoms with Crippen molar-refractivity contribution in [1.82, 2.24) is 24.7 Å². The van der Waals surface area contributed by atoms with Crippen molar-refractivity contribution in [2.75, 3.05) is 11.5 Å². The standard InChI is InChI=1S/C30H28ClN7O3/c1-17(2)9-24-22(11-32)29(23-14-35-38(30(23)36-24)20-4-6-21(39)7-5-20)18-3-8-25-26(10-18)41-16-28(40)37(25)15-27-33-12-19(31)13-34-27/h3,8,10,12-14,17,20H,4-7,9,15-16H2,1-2H3. The van der Waals surface area contributed by atoms with Gasteiger partial charge in [0.1, 0.15) is 23.4 Å². The molecule has 0 bridgehead atoms. The molecule has 0 unspecified atom stereocenters. The van der Waals surface area contributed by atoms with E-state index in [4.69, 9.17) is 26.4 Å². The third-order valence-corrected chi connectivity index (χ3v) is 7.75. The number of anilines is 1. The summed E-state index contributed by atoms with van der Waals surface area (Å²) in [5.41, 5.74) is 4.04. The van der Waals surface area contributed by atoms with E-state index in [1.54, 1.807) is 11.1 Å². The Morgan fingerprint density at radius 1 is 1.15 bits per heavy atom. The van der Waals surface area contributed by atoms with Crippen LogP contribution in [0.15, 0.2) is 36.8 Å². The van der Waals surface area contributed by atoms with E-state index in [1.165, 1.54) is 12.4 Å². The molecule has 10 nitrogen and oxygen atoms in total. The normalized spacial score (nSPS) is 15.7. The summed E-state index contributed by atoms with van der Waals surface area (Å²) in [6.07, 6.45) is 7.90. The molecule has 1 aliphatic heterocycles. The van der Waals surface area contributed by atoms with Crippen LogP contribution in [0.5, 0.6) is 5.75 Å². The van der Waals surface area contributed by atoms with Gasteiger partial charge in [0.05, 0.1) is 40.8 Å². The first-order chi connectivity index (χ1) is 19.8. The molecular formula is C30H28ClN7O3. The fraction of sp³-hybridized carbons (Fsp3) is 0.367. The molecule has 11 heteroatoms. The number of nitriles is 1. The number of pyridine rings is 1. The molecule has 3 aromatic heterocycles. The summed E-state index contributed by atoms with van der Waals surface area (Å²) in [6.45, 7) is 4.24. The second-order valence-electron chi connectivity index (χ2n) is 10.9. The van der Waals surface area contributed by atoms with Crippen LogP contribution in [0.2, 0.25) is 5.02 Å². The van der Waals surface area contributed by atoms with Crippen LogP contribution in [0, 0.1) is 17.2 Å². The highest BCUT2D eigenvalue weighted by atomic mass is 35.5. The van der Waals surface area contributed by atoms with Crippen LogP contribution in [0.4, 0.5) is 5.69 Å². The Kier molecular flexibility index (Phi) is 7.14. The molecule has 1 fully saturated rings. The SMILES string of the molecule is CC(C)Cc1nc2c(cnn2C2CCC(=O)CC2)c(-c2ccc3c(c2)OCC(=O)N3Cc2ncc(Cl)cn2)c1C#N. The van der Waals surface area contributed by atoms with E-state index in [-0.39, 0.29) is 36.8 Å². The second kappa shape index (κ2) is 10.9. The first kappa shape index (κ1) is 26.8. The molecule has 1 amide bonds. The van der Waals surface area contributed by atoms with Gasteiger partial charge in [-0.05, 0) is 42.9 Å². The van der Waals surface area contributed by atoms with Gasteiger partial charge in [0.2, 0.25) is 0 Å². The summed E-state index contributed by atoms with van der Waals surface area (Å²) in [6, 6.07) is 8.07. The number of halogens is 1. The van der Waals surface area contributed by atoms with Crippen molar-refractivity contribution in [2.45, 2.75) is 58.5 Å². The molecule has 0 spiro atoms. The predicted octanol–water partition coefficient (Wildman–Crippen LogP) is 5.22. The molecule has 208 valence electrons. The molecule has 0 N–H and O–H groups in total. The maximum Gasteiger partial charge on any atom is 0.265 e. The van der Waals surface area contributed by atoms with Gasteiger partial charge in [-0.3, -0.25) is 14.5 Å². The number of ether oxygens (including phenoxy) is 1. The number of nitrogens with zero attached hydrogens (tertiary/aromatic N) is 7. The molecule has 4 aromatic rings. The van der Waals surface area contributed by atoms with Crippen LogP contribution in [0.1, 0.15) is 62.7 Å². The van der Waals surface area contributed by atoms with E-state index in [2.05, 4.69) is 29.9 Å². The minimum absolute atomic E-state index is 0.0758. The van der Waals surface area contributed by atoms with Crippen LogP contribution in [-0.2, 0) is 22.6 Å². The highest BCUT2D eigenvalue weighted by molar-refractivity contribution is 6.30. The Bertz CT molecular complexity index is 1700. The van der Waals surface area contributed by atoms with Gasteiger partial charge in [0.25, 0.3) is 5.91 Å². The Morgan fingerprint density at radius 3 is 2.61 bits per heavy atom. The Balaban J connectivity index is 1.46. The molecule has 1 aliphatic carbocycles. The minimum Gasteiger partial charge on any atom is -0.482 e. The van der Waals surface area contributed by atoms with E-state index >= 15 is 0 Å². The van der Waals surface area contributed by atoms with Gasteiger partial charge < -0.3 is 4.74 Å². The largest absolute Gasteiger partial charge is 0.482 e. The highest BCUT2D eigenvalue weighted by Gasteiger charge is 2.29. The third-order valence-electron chi connectivity index (χ3n) is 7.55. The van der Waals surface area contributed by atoms with Gasteiger partial charge >= 0.3 is 0 Å². The van der Waals surface area contributed by atoms with Crippen molar-refractivity contribution < 1.29 is 14.3 Å². The average Bonchev–Trinajstić information content (AvgIpc) is 3.38. The van der Waals surface area contributed by atoms with Crippen molar-refractivity contribution in [3.63, 3.8) is 0 Å². The Hall–Kier alpha value is -4.36. The van der Waals surface area contributed by atoms with Gasteiger partial charge in [-0.15, -0.1) is 0 Å². The van der Waals surface area contributed by atoms with E-state index in [0.29, 0.717) is 58.5 Å². The lowest BCUT2D eigenvalue weighted by Gasteiger charge is -2.29. The van der Waals surface area contributed by atoms with Gasteiger partial charge in [0, 0.05) is 36.2 Å². The molecule has 1 saturated carbocycles. The van der Waals surface area contributed by atoms with Gasteiger partial charge in [-0.25, -0.2) is 19.6 Å². The number of fused-ring (bicyclic) bond motifs is 2. The van der Waals surface area contributed by atoms with E-state index in [0.717, 1.165) is 29.4 Å². The quantitative estimate of drug-likeness (QED) is 0.309. The number of rotatable bonds is 6. The molecule has 1 aromatic carbocycles. The smallest absolute Gasteiger partial charge is 0.265 e. The van der Waals surface area contributed by atoms with Crippen LogP contribution in [0.25, 0.3) is 22.2 Å². The summed E-state index contributed by atoms with van der Waals surface area (Å²) in [5, 5.41) is 16.3. The van der Waals surface area contributed by atoms with Crippen molar-refractivity contribution in [2.24, 2.45) is 5.92 Å². The van der Waals surface area contributed by atoms with Crippen molar-refractivity contribution in [3.05, 3.63) is 58.9 Å². The number of ketones is 1. The maximum absolute atomic E-state index is 12.8. The lowest BCUT2D eigenvalue weighted by atomic mass is 9.92. The summed E-state index contributed by atoms with van der Waals surface area (Å²) in [4.78, 5) is 39.7. The molecular weight excluding hydrogens is 542 g/mol. The van der Waals surface area contributed by atoms with Gasteiger partial charge in [-0.1, -0.05) is 31.5 Å². The predicted molar refractivity (Wildman–Crippen MR) is 152 cm³/mol. The van der Waals surface area contributed by atoms with E-state index in [1.807, 2.05) is 22.9 Å². The van der Waals surface area contributed by atoms with Crippen molar-refractivity contribution in [1.29, 1.82) is 5.26 Å². The zero-order chi connectivity index (χ0) is 28.7. The molecule has 2 aliphatic rings. The van der Waals surface area contributed by atoms with Gasteiger partial charge in [0.15, 0.2) is 12.3 Å². The Morgan fingerprint density at radius 2 is 1.90 bits per heavy atom. The first-order valence-corrected chi connectivity index (χ1v) is 14.1. The number of hydrogen-bond acceptors (Lipinski definition) is 8. The number of hydrogen-bond donors (Lipinski definition) is 0. The Labute approximate surface area is 241 Å². The van der Waals surface area contributed by atoms with Crippen molar-refractivity contribution in [3.8, 4) is 22.9 Å². The van der Waals surface area contributed by atoms with Gasteiger partial charge in [-0.2, -0.15) is 10.4 Å². The summed E-state index contributed by atoms with van der Waals surface area (Å²) >= 11 is 5.92. The fourth-order valence-corrected chi connectivity index (χ4v) is 5.69. The number of benzene rings is 1. The number of carbonyl (C=O) groups excluding carboxylic acids is 2. The average molecular weight is 570 g/mol. The topological polar surface area (TPSA) is 127 Å². The fourth-order valence-electron chi connectivity index (χ4n) is 5.59. The lowest BCUT2D eigenvalue weighted by molar-refractivity contribution is -0.122. The lowest BCUT2D eigenvalue weighted by Crippen LogP contribution is -2.38. The van der Waals surface area contributed by atoms with E-state index < -0.39 is 0 Å². The van der Waals surface area contributed by atoms with Crippen LogP contribution >= 0.6 is 11.6 Å². The molecule has 0 radical (unpaired) electrons. The summed E-state index contributed by atoms with van der Waals surface area (Å²) in [7, 11) is 0. The zero-order valence-corrected chi connectivity index (χ0v) is 23.6. The second-order valence-corrected chi connectivity index (χ2v) is 11.3. The van der Waals surface area contributed by atoms with Crippen LogP contribution in [0.3, 0.4) is 0 Å². The first-order valence-electron chi connectivity index (χ1n) is 13.7. The van der Waals surface area contributed by atoms with Crippen molar-refractivity contribution >= 4 is 40.0 Å². The maximum atomic E-state index is 12.8. The van der Waals surface area contributed by atoms with E-state index in [9.17, 15) is 14.9 Å². The zero-order valence-electron chi connectivity index (χ0n) is 22.8. The molecule has 0 saturated heterocycles. The number of amides is 1. The number of carbonyl (C=O) groups is 2. The third kappa shape index (κ3) is 5.13. The molecule has 41 heavy (non-hydrogen) atoms. The number of Topliss-reactive ketones (excluding diaryl/α,β-unsaturated/α-hetero) is 1. The van der Waals surface area contributed by atoms with Crippen LogP contribution < -0.4 is 9.64 Å². The molecule has 4 heterocycles. The summed E-state index contributed by atoms with van der Waals surface area (Å²) in [5.74, 6) is 1.33. The molecule has 6 rings (SSSR count). The molecule has 0 atom stereocenters. The monoisotopic (exact) mass is 569 g/mol. The minimum atomic E-state index is -0.209. The highest BCUT2D eigenvalue weighted by Crippen LogP contribution is 2.41. The summed E-state index contributed by atoms with van der Waals surface area (Å²) < 4.78 is 7.80. The number of aromatic nitrogens is 5.